The quantitative estimate of drug-likeness (QED) is 0.652. The fourth-order valence-corrected chi connectivity index (χ4v) is 1.45. The third-order valence-corrected chi connectivity index (χ3v) is 2.27. The molecule has 0 saturated carbocycles. The van der Waals surface area contributed by atoms with Crippen LogP contribution >= 0.6 is 0 Å². The molecule has 1 aromatic carbocycles. The van der Waals surface area contributed by atoms with Crippen molar-refractivity contribution in [1.82, 2.24) is 9.97 Å². The van der Waals surface area contributed by atoms with Gasteiger partial charge < -0.3 is 5.11 Å². The van der Waals surface area contributed by atoms with Crippen LogP contribution in [0.3, 0.4) is 0 Å². The Morgan fingerprint density at radius 3 is 2.39 bits per heavy atom. The Kier molecular flexibility index (Phi) is 2.96. The summed E-state index contributed by atoms with van der Waals surface area (Å²) in [5.41, 5.74) is 0.475. The van der Waals surface area contributed by atoms with E-state index < -0.39 is 10.9 Å². The molecule has 0 atom stereocenters. The van der Waals surface area contributed by atoms with Crippen LogP contribution in [0, 0.1) is 10.1 Å². The number of carboxylic acid groups (broad SMARTS) is 1. The summed E-state index contributed by atoms with van der Waals surface area (Å²) in [6.07, 6.45) is 4.23. The van der Waals surface area contributed by atoms with Crippen molar-refractivity contribution < 1.29 is 14.8 Å². The minimum absolute atomic E-state index is 0.150. The third-order valence-electron chi connectivity index (χ3n) is 2.27. The molecule has 1 aromatic heterocycles. The molecule has 0 saturated heterocycles. The molecule has 0 unspecified atom stereocenters. The molecular weight excluding hydrogens is 238 g/mol. The Labute approximate surface area is 101 Å². The van der Waals surface area contributed by atoms with E-state index in [2.05, 4.69) is 9.97 Å². The Morgan fingerprint density at radius 2 is 1.83 bits per heavy atom. The largest absolute Gasteiger partial charge is 0.478 e. The highest BCUT2D eigenvalue weighted by Crippen LogP contribution is 2.25. The number of carbonyl (C=O) groups is 1. The summed E-state index contributed by atoms with van der Waals surface area (Å²) in [6, 6.07) is 3.63. The van der Waals surface area contributed by atoms with Crippen LogP contribution in [0.5, 0.6) is 0 Å². The van der Waals surface area contributed by atoms with Crippen LogP contribution in [0.15, 0.2) is 36.9 Å². The molecule has 0 aliphatic heterocycles. The normalized spacial score (nSPS) is 10.0. The molecule has 0 spiro atoms. The van der Waals surface area contributed by atoms with Gasteiger partial charge in [0.1, 0.15) is 6.33 Å². The number of rotatable bonds is 3. The minimum Gasteiger partial charge on any atom is -0.478 e. The van der Waals surface area contributed by atoms with Crippen molar-refractivity contribution >= 4 is 11.7 Å². The molecule has 0 radical (unpaired) electrons. The maximum absolute atomic E-state index is 10.9. The summed E-state index contributed by atoms with van der Waals surface area (Å²) in [4.78, 5) is 28.6. The summed E-state index contributed by atoms with van der Waals surface area (Å²) < 4.78 is 0. The second-order valence-corrected chi connectivity index (χ2v) is 3.46. The minimum atomic E-state index is -1.23. The molecule has 1 N–H and O–H groups in total. The number of nitro benzene ring substituents is 1. The number of nitrogens with zero attached hydrogens (tertiary/aromatic N) is 3. The van der Waals surface area contributed by atoms with E-state index in [4.69, 9.17) is 5.11 Å². The molecule has 7 heteroatoms. The lowest BCUT2D eigenvalue weighted by Gasteiger charge is -2.02. The molecule has 18 heavy (non-hydrogen) atoms. The fourth-order valence-electron chi connectivity index (χ4n) is 1.45. The first-order valence-electron chi connectivity index (χ1n) is 4.86. The summed E-state index contributed by atoms with van der Waals surface area (Å²) in [6.45, 7) is 0. The fraction of sp³-hybridized carbons (Fsp3) is 0. The lowest BCUT2D eigenvalue weighted by atomic mass is 10.0. The zero-order chi connectivity index (χ0) is 13.1. The highest BCUT2D eigenvalue weighted by molar-refractivity contribution is 5.90. The zero-order valence-electron chi connectivity index (χ0n) is 8.98. The van der Waals surface area contributed by atoms with Crippen LogP contribution < -0.4 is 0 Å². The van der Waals surface area contributed by atoms with Crippen LogP contribution in [0.1, 0.15) is 10.4 Å². The average Bonchev–Trinajstić information content (AvgIpc) is 2.39. The van der Waals surface area contributed by atoms with Gasteiger partial charge in [-0.3, -0.25) is 10.1 Å². The second kappa shape index (κ2) is 4.58. The van der Waals surface area contributed by atoms with Gasteiger partial charge in [-0.05, 0) is 11.6 Å². The smallest absolute Gasteiger partial charge is 0.335 e. The van der Waals surface area contributed by atoms with E-state index in [1.165, 1.54) is 30.9 Å². The standard InChI is InChI=1S/C11H7N3O4/c15-11(16)8-1-7(2-10(3-8)14(17)18)9-4-12-6-13-5-9/h1-6H,(H,15,16). The number of nitro groups is 1. The van der Waals surface area contributed by atoms with E-state index >= 15 is 0 Å². The molecular formula is C11H7N3O4. The van der Waals surface area contributed by atoms with Gasteiger partial charge in [0.15, 0.2) is 0 Å². The van der Waals surface area contributed by atoms with Crippen molar-refractivity contribution in [2.45, 2.75) is 0 Å². The first kappa shape index (κ1) is 11.6. The Morgan fingerprint density at radius 1 is 1.17 bits per heavy atom. The van der Waals surface area contributed by atoms with Gasteiger partial charge in [0.2, 0.25) is 0 Å². The Hall–Kier alpha value is -2.83. The van der Waals surface area contributed by atoms with E-state index in [0.717, 1.165) is 6.07 Å². The summed E-state index contributed by atoms with van der Waals surface area (Å²) in [7, 11) is 0. The highest BCUT2D eigenvalue weighted by atomic mass is 16.6. The van der Waals surface area contributed by atoms with Crippen molar-refractivity contribution in [3.05, 3.63) is 52.6 Å². The SMILES string of the molecule is O=C(O)c1cc(-c2cncnc2)cc([N+](=O)[O-])c1. The van der Waals surface area contributed by atoms with Crippen LogP contribution in [-0.2, 0) is 0 Å². The lowest BCUT2D eigenvalue weighted by Crippen LogP contribution is -1.99. The number of non-ortho nitro benzene ring substituents is 1. The number of hydrogen-bond acceptors (Lipinski definition) is 5. The summed E-state index contributed by atoms with van der Waals surface area (Å²) in [5, 5.41) is 19.6. The van der Waals surface area contributed by atoms with Crippen LogP contribution in [0.2, 0.25) is 0 Å². The van der Waals surface area contributed by atoms with Gasteiger partial charge in [0, 0.05) is 30.1 Å². The van der Waals surface area contributed by atoms with Crippen LogP contribution in [0.25, 0.3) is 11.1 Å². The molecule has 0 fully saturated rings. The van der Waals surface area contributed by atoms with Gasteiger partial charge in [-0.25, -0.2) is 14.8 Å². The summed E-state index contributed by atoms with van der Waals surface area (Å²) in [5.74, 6) is -1.23. The number of hydrogen-bond donors (Lipinski definition) is 1. The predicted molar refractivity (Wildman–Crippen MR) is 61.1 cm³/mol. The van der Waals surface area contributed by atoms with Crippen LogP contribution in [0.4, 0.5) is 5.69 Å². The van der Waals surface area contributed by atoms with Crippen molar-refractivity contribution in [2.75, 3.05) is 0 Å². The number of aromatic nitrogens is 2. The second-order valence-electron chi connectivity index (χ2n) is 3.46. The van der Waals surface area contributed by atoms with Gasteiger partial charge in [-0.1, -0.05) is 0 Å². The van der Waals surface area contributed by atoms with Crippen molar-refractivity contribution in [2.24, 2.45) is 0 Å². The van der Waals surface area contributed by atoms with E-state index in [1.54, 1.807) is 0 Å². The van der Waals surface area contributed by atoms with Gasteiger partial charge in [-0.15, -0.1) is 0 Å². The first-order valence-corrected chi connectivity index (χ1v) is 4.86. The molecule has 0 bridgehead atoms. The van der Waals surface area contributed by atoms with E-state index in [0.29, 0.717) is 11.1 Å². The van der Waals surface area contributed by atoms with Gasteiger partial charge in [0.25, 0.3) is 5.69 Å². The average molecular weight is 245 g/mol. The van der Waals surface area contributed by atoms with E-state index in [9.17, 15) is 14.9 Å². The van der Waals surface area contributed by atoms with Gasteiger partial charge >= 0.3 is 5.97 Å². The monoisotopic (exact) mass is 245 g/mol. The van der Waals surface area contributed by atoms with Gasteiger partial charge in [-0.2, -0.15) is 0 Å². The molecule has 2 rings (SSSR count). The molecule has 0 aliphatic rings. The zero-order valence-corrected chi connectivity index (χ0v) is 8.98. The van der Waals surface area contributed by atoms with Crippen molar-refractivity contribution in [1.29, 1.82) is 0 Å². The van der Waals surface area contributed by atoms with Crippen molar-refractivity contribution in [3.63, 3.8) is 0 Å². The number of benzene rings is 1. The molecule has 1 heterocycles. The molecule has 90 valence electrons. The maximum Gasteiger partial charge on any atom is 0.335 e. The van der Waals surface area contributed by atoms with E-state index in [1.807, 2.05) is 0 Å². The first-order chi connectivity index (χ1) is 8.58. The molecule has 2 aromatic rings. The van der Waals surface area contributed by atoms with Crippen molar-refractivity contribution in [3.8, 4) is 11.1 Å². The molecule has 7 nitrogen and oxygen atoms in total. The highest BCUT2D eigenvalue weighted by Gasteiger charge is 2.14. The topological polar surface area (TPSA) is 106 Å². The van der Waals surface area contributed by atoms with Gasteiger partial charge in [0.05, 0.1) is 10.5 Å². The Balaban J connectivity index is 2.61. The predicted octanol–water partition coefficient (Wildman–Crippen LogP) is 1.75. The lowest BCUT2D eigenvalue weighted by molar-refractivity contribution is -0.384. The maximum atomic E-state index is 10.9. The summed E-state index contributed by atoms with van der Waals surface area (Å²) >= 11 is 0. The Bertz CT molecular complexity index is 581. The van der Waals surface area contributed by atoms with E-state index in [-0.39, 0.29) is 11.3 Å². The van der Waals surface area contributed by atoms with Crippen LogP contribution in [-0.4, -0.2) is 26.0 Å². The molecule has 0 amide bonds. The number of carboxylic acids is 1. The third kappa shape index (κ3) is 2.29. The number of aromatic carboxylic acids is 1. The molecule has 0 aliphatic carbocycles.